The molecule has 26 heavy (non-hydrogen) atoms. The summed E-state index contributed by atoms with van der Waals surface area (Å²) in [6.45, 7) is 3.24. The highest BCUT2D eigenvalue weighted by Crippen LogP contribution is 2.21. The van der Waals surface area contributed by atoms with E-state index >= 15 is 0 Å². The number of rotatable bonds is 7. The molecule has 1 unspecified atom stereocenters. The normalized spacial score (nSPS) is 16.2. The monoisotopic (exact) mass is 361 g/mol. The molecule has 1 aromatic carbocycles. The minimum Gasteiger partial charge on any atom is -0.481 e. The van der Waals surface area contributed by atoms with Crippen molar-refractivity contribution < 1.29 is 18.7 Å². The second-order valence-corrected chi connectivity index (χ2v) is 6.23. The number of carbonyl (C=O) groups excluding carboxylic acids is 1. The van der Waals surface area contributed by atoms with Crippen molar-refractivity contribution >= 4 is 5.91 Å². The van der Waals surface area contributed by atoms with Gasteiger partial charge in [0.05, 0.1) is 19.3 Å². The zero-order chi connectivity index (χ0) is 18.4. The number of nitrogens with zero attached hydrogens (tertiary/aromatic N) is 2. The maximum atomic E-state index is 13.5. The summed E-state index contributed by atoms with van der Waals surface area (Å²) in [7, 11) is 1.99. The van der Waals surface area contributed by atoms with Gasteiger partial charge in [0.25, 0.3) is 5.91 Å². The Morgan fingerprint density at radius 2 is 2.04 bits per heavy atom. The highest BCUT2D eigenvalue weighted by atomic mass is 19.1. The molecule has 7 heteroatoms. The number of para-hydroxylation sites is 1. The van der Waals surface area contributed by atoms with E-state index in [1.807, 2.05) is 19.3 Å². The molecule has 2 heterocycles. The van der Waals surface area contributed by atoms with Crippen LogP contribution in [0.5, 0.6) is 5.75 Å². The number of halogens is 1. The van der Waals surface area contributed by atoms with Gasteiger partial charge in [-0.1, -0.05) is 12.1 Å². The molecule has 0 bridgehead atoms. The van der Waals surface area contributed by atoms with Gasteiger partial charge in [0.15, 0.2) is 18.2 Å². The van der Waals surface area contributed by atoms with E-state index in [2.05, 4.69) is 20.9 Å². The van der Waals surface area contributed by atoms with Crippen LogP contribution in [0.2, 0.25) is 0 Å². The highest BCUT2D eigenvalue weighted by Gasteiger charge is 2.24. The first-order valence-electron chi connectivity index (χ1n) is 8.72. The minimum absolute atomic E-state index is 0.0521. The Hall–Kier alpha value is -2.38. The molecule has 0 spiro atoms. The van der Waals surface area contributed by atoms with Gasteiger partial charge >= 0.3 is 0 Å². The van der Waals surface area contributed by atoms with Crippen molar-refractivity contribution in [1.82, 2.24) is 14.8 Å². The second kappa shape index (κ2) is 8.82. The zero-order valence-corrected chi connectivity index (χ0v) is 14.9. The Morgan fingerprint density at radius 1 is 1.27 bits per heavy atom. The fraction of sp³-hybridized carbons (Fsp3) is 0.421. The van der Waals surface area contributed by atoms with Crippen LogP contribution in [0.25, 0.3) is 0 Å². The first kappa shape index (κ1) is 18.4. The Morgan fingerprint density at radius 3 is 2.73 bits per heavy atom. The lowest BCUT2D eigenvalue weighted by molar-refractivity contribution is -0.123. The molecule has 2 aromatic rings. The number of aromatic nitrogens is 1. The number of hydrogen-bond acceptors (Lipinski definition) is 4. The van der Waals surface area contributed by atoms with Crippen LogP contribution in [0.15, 0.2) is 42.6 Å². The lowest BCUT2D eigenvalue weighted by Gasteiger charge is -2.34. The molecule has 6 nitrogen and oxygen atoms in total. The number of hydrogen-bond donors (Lipinski definition) is 1. The van der Waals surface area contributed by atoms with Gasteiger partial charge in [0, 0.05) is 38.6 Å². The molecule has 140 valence electrons. The predicted octanol–water partition coefficient (Wildman–Crippen LogP) is 1.73. The van der Waals surface area contributed by atoms with Crippen LogP contribution >= 0.6 is 0 Å². The van der Waals surface area contributed by atoms with Crippen molar-refractivity contribution in [1.29, 1.82) is 0 Å². The molecule has 0 aliphatic carbocycles. The van der Waals surface area contributed by atoms with Crippen LogP contribution in [0, 0.1) is 5.82 Å². The number of nitrogens with one attached hydrogen (secondary N) is 1. The largest absolute Gasteiger partial charge is 0.481 e. The van der Waals surface area contributed by atoms with Crippen LogP contribution in [0.3, 0.4) is 0 Å². The van der Waals surface area contributed by atoms with Gasteiger partial charge in [0.2, 0.25) is 0 Å². The van der Waals surface area contributed by atoms with Crippen molar-refractivity contribution in [2.24, 2.45) is 7.05 Å². The molecule has 1 aromatic heterocycles. The summed E-state index contributed by atoms with van der Waals surface area (Å²) >= 11 is 0. The van der Waals surface area contributed by atoms with Crippen LogP contribution in [0.1, 0.15) is 11.7 Å². The van der Waals surface area contributed by atoms with Crippen LogP contribution in [0.4, 0.5) is 4.39 Å². The zero-order valence-electron chi connectivity index (χ0n) is 14.9. The van der Waals surface area contributed by atoms with Crippen molar-refractivity contribution in [3.63, 3.8) is 0 Å². The lowest BCUT2D eigenvalue weighted by atomic mass is 10.1. The molecule has 1 aliphatic rings. The Kier molecular flexibility index (Phi) is 6.25. The summed E-state index contributed by atoms with van der Waals surface area (Å²) < 4.78 is 26.3. The Balaban J connectivity index is 1.57. The molecular formula is C19H24FN3O3. The van der Waals surface area contributed by atoms with Crippen molar-refractivity contribution in [2.45, 2.75) is 6.04 Å². The standard InChI is InChI=1S/C19H24FN3O3/c1-22-8-4-6-16(22)17(23-9-11-25-12-10-23)13-21-19(24)14-26-18-7-3-2-5-15(18)20/h2-8,17H,9-14H2,1H3,(H,21,24). The van der Waals surface area contributed by atoms with E-state index in [1.165, 1.54) is 12.1 Å². The van der Waals surface area contributed by atoms with Crippen molar-refractivity contribution in [3.05, 3.63) is 54.1 Å². The third-order valence-electron chi connectivity index (χ3n) is 4.50. The SMILES string of the molecule is Cn1cccc1C(CNC(=O)COc1ccccc1F)N1CCOCC1. The fourth-order valence-electron chi connectivity index (χ4n) is 3.10. The smallest absolute Gasteiger partial charge is 0.258 e. The van der Waals surface area contributed by atoms with E-state index in [1.54, 1.807) is 12.1 Å². The van der Waals surface area contributed by atoms with Gasteiger partial charge in [-0.3, -0.25) is 9.69 Å². The minimum atomic E-state index is -0.477. The fourth-order valence-corrected chi connectivity index (χ4v) is 3.10. The van der Waals surface area contributed by atoms with Gasteiger partial charge < -0.3 is 19.4 Å². The number of morpholine rings is 1. The first-order chi connectivity index (χ1) is 12.6. The molecule has 0 saturated carbocycles. The molecule has 1 saturated heterocycles. The number of ether oxygens (including phenoxy) is 2. The molecule has 1 atom stereocenters. The van der Waals surface area contributed by atoms with E-state index in [0.29, 0.717) is 19.8 Å². The summed E-state index contributed by atoms with van der Waals surface area (Å²) in [4.78, 5) is 14.5. The maximum absolute atomic E-state index is 13.5. The summed E-state index contributed by atoms with van der Waals surface area (Å²) in [6.07, 6.45) is 1.99. The average molecular weight is 361 g/mol. The van der Waals surface area contributed by atoms with Gasteiger partial charge in [-0.25, -0.2) is 4.39 Å². The van der Waals surface area contributed by atoms with Gasteiger partial charge in [0.1, 0.15) is 0 Å². The summed E-state index contributed by atoms with van der Waals surface area (Å²) in [5.74, 6) is -0.675. The molecule has 1 amide bonds. The summed E-state index contributed by atoms with van der Waals surface area (Å²) in [5.41, 5.74) is 1.13. The van der Waals surface area contributed by atoms with Crippen molar-refractivity contribution in [3.8, 4) is 5.75 Å². The van der Waals surface area contributed by atoms with E-state index in [0.717, 1.165) is 18.8 Å². The quantitative estimate of drug-likeness (QED) is 0.816. The highest BCUT2D eigenvalue weighted by molar-refractivity contribution is 5.77. The van der Waals surface area contributed by atoms with Crippen molar-refractivity contribution in [2.75, 3.05) is 39.5 Å². The van der Waals surface area contributed by atoms with Gasteiger partial charge in [-0.05, 0) is 24.3 Å². The predicted molar refractivity (Wildman–Crippen MR) is 95.5 cm³/mol. The number of amides is 1. The van der Waals surface area contributed by atoms with E-state index in [-0.39, 0.29) is 24.3 Å². The molecule has 1 fully saturated rings. The molecule has 0 radical (unpaired) electrons. The van der Waals surface area contributed by atoms with Gasteiger partial charge in [-0.2, -0.15) is 0 Å². The molecule has 1 aliphatic heterocycles. The molecule has 3 rings (SSSR count). The lowest BCUT2D eigenvalue weighted by Crippen LogP contribution is -2.45. The van der Waals surface area contributed by atoms with Crippen LogP contribution in [-0.4, -0.2) is 54.8 Å². The third kappa shape index (κ3) is 4.62. The molecular weight excluding hydrogens is 337 g/mol. The topological polar surface area (TPSA) is 55.7 Å². The van der Waals surface area contributed by atoms with E-state index < -0.39 is 5.82 Å². The third-order valence-corrected chi connectivity index (χ3v) is 4.50. The maximum Gasteiger partial charge on any atom is 0.258 e. The Bertz CT molecular complexity index is 728. The van der Waals surface area contributed by atoms with Crippen LogP contribution < -0.4 is 10.1 Å². The summed E-state index contributed by atoms with van der Waals surface area (Å²) in [6, 6.07) is 10.2. The number of carbonyl (C=O) groups is 1. The first-order valence-corrected chi connectivity index (χ1v) is 8.72. The summed E-state index contributed by atoms with van der Waals surface area (Å²) in [5, 5.41) is 2.90. The number of aryl methyl sites for hydroxylation is 1. The average Bonchev–Trinajstić information content (AvgIpc) is 3.08. The van der Waals surface area contributed by atoms with E-state index in [4.69, 9.17) is 9.47 Å². The van der Waals surface area contributed by atoms with E-state index in [9.17, 15) is 9.18 Å². The number of benzene rings is 1. The second-order valence-electron chi connectivity index (χ2n) is 6.23. The van der Waals surface area contributed by atoms with Gasteiger partial charge in [-0.15, -0.1) is 0 Å². The Labute approximate surface area is 152 Å². The van der Waals surface area contributed by atoms with Crippen LogP contribution in [-0.2, 0) is 16.6 Å². The molecule has 1 N–H and O–H groups in total.